The minimum Gasteiger partial charge on any atom is -0.496 e. The van der Waals surface area contributed by atoms with Crippen LogP contribution in [0.25, 0.3) is 0 Å². The lowest BCUT2D eigenvalue weighted by atomic mass is 10.1. The first-order valence-corrected chi connectivity index (χ1v) is 6.43. The van der Waals surface area contributed by atoms with Crippen LogP contribution in [-0.2, 0) is 4.74 Å². The van der Waals surface area contributed by atoms with Crippen LogP contribution in [0.2, 0.25) is 0 Å². The van der Waals surface area contributed by atoms with Crippen LogP contribution >= 0.6 is 0 Å². The van der Waals surface area contributed by atoms with Crippen molar-refractivity contribution >= 4 is 0 Å². The molecule has 3 nitrogen and oxygen atoms in total. The first kappa shape index (κ1) is 13.3. The Balaban J connectivity index is 2.20. The van der Waals surface area contributed by atoms with Crippen LogP contribution < -0.4 is 10.1 Å². The number of nitrogens with one attached hydrogen (secondary N) is 1. The van der Waals surface area contributed by atoms with E-state index in [-0.39, 0.29) is 11.9 Å². The standard InChI is InChI=1S/C14H20FNO2/c1-3-10-7-8-18-13(9-16-10)14-11(15)5-4-6-12(14)17-2/h4-6,10,13,16H,3,7-9H2,1-2H3. The van der Waals surface area contributed by atoms with Crippen molar-refractivity contribution in [1.82, 2.24) is 5.32 Å². The Bertz CT molecular complexity index is 397. The van der Waals surface area contributed by atoms with Gasteiger partial charge in [0, 0.05) is 19.2 Å². The monoisotopic (exact) mass is 253 g/mol. The highest BCUT2D eigenvalue weighted by Gasteiger charge is 2.24. The zero-order valence-electron chi connectivity index (χ0n) is 10.9. The molecule has 1 saturated heterocycles. The van der Waals surface area contributed by atoms with Crippen molar-refractivity contribution in [3.05, 3.63) is 29.6 Å². The average Bonchev–Trinajstić information content (AvgIpc) is 2.63. The predicted molar refractivity (Wildman–Crippen MR) is 68.3 cm³/mol. The fourth-order valence-electron chi connectivity index (χ4n) is 2.33. The summed E-state index contributed by atoms with van der Waals surface area (Å²) < 4.78 is 24.9. The molecule has 18 heavy (non-hydrogen) atoms. The van der Waals surface area contributed by atoms with E-state index in [1.807, 2.05) is 0 Å². The molecule has 0 aliphatic carbocycles. The summed E-state index contributed by atoms with van der Waals surface area (Å²) in [6, 6.07) is 5.32. The van der Waals surface area contributed by atoms with E-state index in [2.05, 4.69) is 12.2 Å². The van der Waals surface area contributed by atoms with Gasteiger partial charge in [-0.1, -0.05) is 13.0 Å². The molecule has 1 N–H and O–H groups in total. The Kier molecular flexibility index (Phi) is 4.55. The largest absolute Gasteiger partial charge is 0.496 e. The number of ether oxygens (including phenoxy) is 2. The van der Waals surface area contributed by atoms with Crippen LogP contribution in [0, 0.1) is 5.82 Å². The molecule has 100 valence electrons. The Morgan fingerprint density at radius 1 is 1.50 bits per heavy atom. The summed E-state index contributed by atoms with van der Waals surface area (Å²) in [6.07, 6.45) is 1.74. The number of rotatable bonds is 3. The summed E-state index contributed by atoms with van der Waals surface area (Å²) >= 11 is 0. The van der Waals surface area contributed by atoms with E-state index in [1.165, 1.54) is 6.07 Å². The summed E-state index contributed by atoms with van der Waals surface area (Å²) in [7, 11) is 1.55. The van der Waals surface area contributed by atoms with Crippen molar-refractivity contribution in [2.45, 2.75) is 31.9 Å². The van der Waals surface area contributed by atoms with Crippen LogP contribution in [0.1, 0.15) is 31.4 Å². The maximum atomic E-state index is 13.9. The Hall–Kier alpha value is -1.13. The van der Waals surface area contributed by atoms with Gasteiger partial charge in [-0.15, -0.1) is 0 Å². The molecule has 0 spiro atoms. The number of halogens is 1. The molecule has 2 unspecified atom stereocenters. The van der Waals surface area contributed by atoms with Gasteiger partial charge >= 0.3 is 0 Å². The molecular weight excluding hydrogens is 233 g/mol. The first-order chi connectivity index (χ1) is 8.76. The zero-order valence-corrected chi connectivity index (χ0v) is 10.9. The molecule has 4 heteroatoms. The van der Waals surface area contributed by atoms with Gasteiger partial charge in [0.1, 0.15) is 17.7 Å². The van der Waals surface area contributed by atoms with Crippen LogP contribution in [0.3, 0.4) is 0 Å². The second-order valence-corrected chi connectivity index (χ2v) is 4.52. The first-order valence-electron chi connectivity index (χ1n) is 6.43. The molecule has 1 heterocycles. The molecule has 0 amide bonds. The SMILES string of the molecule is CCC1CCOC(c2c(F)cccc2OC)CN1. The average molecular weight is 253 g/mol. The normalized spacial score (nSPS) is 24.6. The number of hydrogen-bond acceptors (Lipinski definition) is 3. The van der Waals surface area contributed by atoms with E-state index in [9.17, 15) is 4.39 Å². The van der Waals surface area contributed by atoms with E-state index in [1.54, 1.807) is 19.2 Å². The van der Waals surface area contributed by atoms with Gasteiger partial charge in [-0.05, 0) is 25.0 Å². The zero-order chi connectivity index (χ0) is 13.0. The lowest BCUT2D eigenvalue weighted by Gasteiger charge is -2.19. The minimum absolute atomic E-state index is 0.268. The second kappa shape index (κ2) is 6.16. The molecule has 2 atom stereocenters. The number of methoxy groups -OCH3 is 1. The molecule has 0 bridgehead atoms. The maximum Gasteiger partial charge on any atom is 0.132 e. The number of benzene rings is 1. The third kappa shape index (κ3) is 2.82. The molecule has 1 fully saturated rings. The molecule has 0 radical (unpaired) electrons. The summed E-state index contributed by atoms with van der Waals surface area (Å²) in [5.74, 6) is 0.285. The topological polar surface area (TPSA) is 30.5 Å². The van der Waals surface area contributed by atoms with Gasteiger partial charge in [-0.3, -0.25) is 0 Å². The van der Waals surface area contributed by atoms with Crippen molar-refractivity contribution in [2.24, 2.45) is 0 Å². The van der Waals surface area contributed by atoms with Crippen LogP contribution in [0.4, 0.5) is 4.39 Å². The van der Waals surface area contributed by atoms with Crippen LogP contribution in [0.5, 0.6) is 5.75 Å². The van der Waals surface area contributed by atoms with Crippen molar-refractivity contribution in [2.75, 3.05) is 20.3 Å². The molecule has 0 aromatic heterocycles. The van der Waals surface area contributed by atoms with E-state index in [4.69, 9.17) is 9.47 Å². The lowest BCUT2D eigenvalue weighted by Crippen LogP contribution is -2.30. The molecule has 0 saturated carbocycles. The van der Waals surface area contributed by atoms with Crippen molar-refractivity contribution in [3.63, 3.8) is 0 Å². The van der Waals surface area contributed by atoms with Crippen molar-refractivity contribution in [3.8, 4) is 5.75 Å². The van der Waals surface area contributed by atoms with Gasteiger partial charge in [0.15, 0.2) is 0 Å². The number of hydrogen-bond donors (Lipinski definition) is 1. The summed E-state index contributed by atoms with van der Waals surface area (Å²) in [4.78, 5) is 0. The van der Waals surface area contributed by atoms with Gasteiger partial charge < -0.3 is 14.8 Å². The highest BCUT2D eigenvalue weighted by molar-refractivity contribution is 5.36. The van der Waals surface area contributed by atoms with Gasteiger partial charge in [-0.25, -0.2) is 4.39 Å². The minimum atomic E-state index is -0.280. The highest BCUT2D eigenvalue weighted by atomic mass is 19.1. The van der Waals surface area contributed by atoms with E-state index in [0.717, 1.165) is 12.8 Å². The Labute approximate surface area is 107 Å². The summed E-state index contributed by atoms with van der Waals surface area (Å²) in [5.41, 5.74) is 0.518. The fraction of sp³-hybridized carbons (Fsp3) is 0.571. The quantitative estimate of drug-likeness (QED) is 0.898. The highest BCUT2D eigenvalue weighted by Crippen LogP contribution is 2.31. The van der Waals surface area contributed by atoms with Gasteiger partial charge in [0.05, 0.1) is 12.7 Å². The fourth-order valence-corrected chi connectivity index (χ4v) is 2.33. The maximum absolute atomic E-state index is 13.9. The lowest BCUT2D eigenvalue weighted by molar-refractivity contribution is 0.0619. The van der Waals surface area contributed by atoms with E-state index < -0.39 is 0 Å². The molecule has 1 aliphatic rings. The molecule has 1 aliphatic heterocycles. The molecule has 1 aromatic carbocycles. The van der Waals surface area contributed by atoms with Gasteiger partial charge in [0.2, 0.25) is 0 Å². The molecule has 1 aromatic rings. The van der Waals surface area contributed by atoms with Gasteiger partial charge in [-0.2, -0.15) is 0 Å². The second-order valence-electron chi connectivity index (χ2n) is 4.52. The molecule has 2 rings (SSSR count). The van der Waals surface area contributed by atoms with Crippen LogP contribution in [-0.4, -0.2) is 26.3 Å². The molecular formula is C14H20FNO2. The van der Waals surface area contributed by atoms with Crippen molar-refractivity contribution in [1.29, 1.82) is 0 Å². The predicted octanol–water partition coefficient (Wildman–Crippen LogP) is 2.66. The van der Waals surface area contributed by atoms with Gasteiger partial charge in [0.25, 0.3) is 0 Å². The summed E-state index contributed by atoms with van der Waals surface area (Å²) in [5, 5.41) is 3.41. The van der Waals surface area contributed by atoms with E-state index >= 15 is 0 Å². The Morgan fingerprint density at radius 2 is 2.33 bits per heavy atom. The smallest absolute Gasteiger partial charge is 0.132 e. The van der Waals surface area contributed by atoms with Crippen LogP contribution in [0.15, 0.2) is 18.2 Å². The van der Waals surface area contributed by atoms with Crippen molar-refractivity contribution < 1.29 is 13.9 Å². The third-order valence-electron chi connectivity index (χ3n) is 3.42. The summed E-state index contributed by atoms with van der Waals surface area (Å²) in [6.45, 7) is 3.41. The Morgan fingerprint density at radius 3 is 3.06 bits per heavy atom. The third-order valence-corrected chi connectivity index (χ3v) is 3.42. The van der Waals surface area contributed by atoms with E-state index in [0.29, 0.717) is 30.5 Å².